The van der Waals surface area contributed by atoms with E-state index in [2.05, 4.69) is 15.4 Å². The molecule has 1 aliphatic heterocycles. The molecule has 0 fully saturated rings. The molecule has 0 saturated carbocycles. The number of nitrogens with zero attached hydrogens (tertiary/aromatic N) is 4. The van der Waals surface area contributed by atoms with Crippen LogP contribution in [0.5, 0.6) is 0 Å². The molecule has 0 unspecified atom stereocenters. The number of nitrogens with two attached hydrogens (primary N) is 1. The molecule has 0 aliphatic carbocycles. The van der Waals surface area contributed by atoms with Crippen molar-refractivity contribution in [2.24, 2.45) is 5.73 Å². The molecule has 3 heterocycles. The van der Waals surface area contributed by atoms with Gasteiger partial charge >= 0.3 is 5.69 Å². The number of rotatable bonds is 5. The highest BCUT2D eigenvalue weighted by Crippen LogP contribution is 2.32. The third-order valence-corrected chi connectivity index (χ3v) is 5.27. The van der Waals surface area contributed by atoms with Gasteiger partial charge in [-0.2, -0.15) is 13.9 Å². The fraction of sp³-hybridized carbons (Fsp3) is 0.238. The van der Waals surface area contributed by atoms with Crippen molar-refractivity contribution in [2.75, 3.05) is 11.9 Å². The summed E-state index contributed by atoms with van der Waals surface area (Å²) in [7, 11) is 0. The Morgan fingerprint density at radius 3 is 2.66 bits per heavy atom. The number of nitrogens with one attached hydrogen (secondary N) is 1. The van der Waals surface area contributed by atoms with Gasteiger partial charge in [0.25, 0.3) is 6.08 Å². The number of amides is 1. The summed E-state index contributed by atoms with van der Waals surface area (Å²) in [5.41, 5.74) is 7.76. The Kier molecular flexibility index (Phi) is 5.66. The predicted octanol–water partition coefficient (Wildman–Crippen LogP) is 2.54. The maximum atomic E-state index is 14.9. The number of hydrogen-bond donors (Lipinski definition) is 2. The fourth-order valence-corrected chi connectivity index (χ4v) is 3.59. The first-order chi connectivity index (χ1) is 15.3. The second-order valence-electron chi connectivity index (χ2n) is 7.41. The van der Waals surface area contributed by atoms with Crippen molar-refractivity contribution < 1.29 is 18.0 Å². The van der Waals surface area contributed by atoms with Gasteiger partial charge in [-0.15, -0.1) is 0 Å². The van der Waals surface area contributed by atoms with E-state index in [1.807, 2.05) is 19.1 Å². The third kappa shape index (κ3) is 3.94. The Balaban J connectivity index is 1.67. The average molecular weight is 444 g/mol. The SMILES string of the molecule is Cc1cc(-c2cnc(-n3cnn(CC(CN)=C(F)F)c3=O)c(F)c2)cc2c1NC(=O)CC2. The van der Waals surface area contributed by atoms with E-state index in [1.165, 1.54) is 12.3 Å². The number of carbonyl (C=O) groups excluding carboxylic acids is 1. The lowest BCUT2D eigenvalue weighted by Crippen LogP contribution is -2.27. The van der Waals surface area contributed by atoms with Gasteiger partial charge in [0.15, 0.2) is 11.6 Å². The van der Waals surface area contributed by atoms with Gasteiger partial charge in [-0.25, -0.2) is 23.4 Å². The van der Waals surface area contributed by atoms with E-state index >= 15 is 0 Å². The van der Waals surface area contributed by atoms with Gasteiger partial charge in [-0.3, -0.25) is 4.79 Å². The molecule has 1 amide bonds. The number of hydrogen-bond acceptors (Lipinski definition) is 5. The van der Waals surface area contributed by atoms with Crippen molar-refractivity contribution in [2.45, 2.75) is 26.3 Å². The van der Waals surface area contributed by atoms with Crippen LogP contribution in [0.1, 0.15) is 17.5 Å². The van der Waals surface area contributed by atoms with Gasteiger partial charge in [0.05, 0.1) is 6.54 Å². The first kappa shape index (κ1) is 21.5. The lowest BCUT2D eigenvalue weighted by Gasteiger charge is -2.20. The fourth-order valence-electron chi connectivity index (χ4n) is 3.59. The Morgan fingerprint density at radius 2 is 1.97 bits per heavy atom. The Bertz CT molecular complexity index is 1310. The van der Waals surface area contributed by atoms with Gasteiger partial charge < -0.3 is 11.1 Å². The monoisotopic (exact) mass is 444 g/mol. The predicted molar refractivity (Wildman–Crippen MR) is 111 cm³/mol. The minimum Gasteiger partial charge on any atom is -0.327 e. The molecule has 0 radical (unpaired) electrons. The Labute approximate surface area is 180 Å². The van der Waals surface area contributed by atoms with Crippen LogP contribution in [0.2, 0.25) is 0 Å². The summed E-state index contributed by atoms with van der Waals surface area (Å²) in [6.07, 6.45) is 1.40. The number of anilines is 1. The van der Waals surface area contributed by atoms with E-state index in [0.717, 1.165) is 38.0 Å². The summed E-state index contributed by atoms with van der Waals surface area (Å²) in [6, 6.07) is 4.92. The molecule has 3 aromatic rings. The Hall–Kier alpha value is -3.73. The van der Waals surface area contributed by atoms with E-state index in [4.69, 9.17) is 5.73 Å². The van der Waals surface area contributed by atoms with Crippen molar-refractivity contribution in [3.63, 3.8) is 0 Å². The highest BCUT2D eigenvalue weighted by Gasteiger charge is 2.19. The zero-order valence-electron chi connectivity index (χ0n) is 17.0. The van der Waals surface area contributed by atoms with Crippen LogP contribution in [-0.2, 0) is 17.8 Å². The van der Waals surface area contributed by atoms with Crippen molar-refractivity contribution in [1.82, 2.24) is 19.3 Å². The highest BCUT2D eigenvalue weighted by atomic mass is 19.3. The maximum Gasteiger partial charge on any atom is 0.351 e. The van der Waals surface area contributed by atoms with E-state index < -0.39 is 36.3 Å². The molecule has 166 valence electrons. The summed E-state index contributed by atoms with van der Waals surface area (Å²) in [4.78, 5) is 28.2. The minimum absolute atomic E-state index is 0.0419. The molecule has 3 N–H and O–H groups in total. The molecule has 11 heteroatoms. The van der Waals surface area contributed by atoms with Gasteiger partial charge in [0.1, 0.15) is 6.33 Å². The molecule has 32 heavy (non-hydrogen) atoms. The van der Waals surface area contributed by atoms with Crippen molar-refractivity contribution in [3.05, 3.63) is 69.8 Å². The molecule has 2 aromatic heterocycles. The molecular formula is C21H19F3N6O2. The number of aromatic nitrogens is 4. The second-order valence-corrected chi connectivity index (χ2v) is 7.41. The molecule has 0 spiro atoms. The van der Waals surface area contributed by atoms with E-state index in [-0.39, 0.29) is 11.7 Å². The summed E-state index contributed by atoms with van der Waals surface area (Å²) in [5.74, 6) is -1.12. The lowest BCUT2D eigenvalue weighted by molar-refractivity contribution is -0.116. The smallest absolute Gasteiger partial charge is 0.327 e. The molecular weight excluding hydrogens is 425 g/mol. The molecule has 4 rings (SSSR count). The van der Waals surface area contributed by atoms with E-state index in [9.17, 15) is 22.8 Å². The molecule has 0 atom stereocenters. The topological polar surface area (TPSA) is 108 Å². The number of fused-ring (bicyclic) bond motifs is 1. The van der Waals surface area contributed by atoms with Crippen molar-refractivity contribution >= 4 is 11.6 Å². The zero-order chi connectivity index (χ0) is 23.0. The van der Waals surface area contributed by atoms with Crippen LogP contribution >= 0.6 is 0 Å². The van der Waals surface area contributed by atoms with Gasteiger partial charge in [-0.05, 0) is 48.2 Å². The van der Waals surface area contributed by atoms with Gasteiger partial charge in [0.2, 0.25) is 5.91 Å². The van der Waals surface area contributed by atoms with Gasteiger partial charge in [0, 0.05) is 36.0 Å². The Morgan fingerprint density at radius 1 is 1.19 bits per heavy atom. The summed E-state index contributed by atoms with van der Waals surface area (Å²) >= 11 is 0. The van der Waals surface area contributed by atoms with E-state index in [1.54, 1.807) is 0 Å². The molecule has 1 aromatic carbocycles. The van der Waals surface area contributed by atoms with Crippen molar-refractivity contribution in [1.29, 1.82) is 0 Å². The number of benzene rings is 1. The van der Waals surface area contributed by atoms with E-state index in [0.29, 0.717) is 18.4 Å². The van der Waals surface area contributed by atoms with Gasteiger partial charge in [-0.1, -0.05) is 0 Å². The lowest BCUT2D eigenvalue weighted by atomic mass is 9.94. The van der Waals surface area contributed by atoms with Crippen molar-refractivity contribution in [3.8, 4) is 16.9 Å². The van der Waals surface area contributed by atoms with Crippen LogP contribution in [0.25, 0.3) is 16.9 Å². The van der Waals surface area contributed by atoms with Crippen LogP contribution in [-0.4, -0.2) is 31.8 Å². The zero-order valence-corrected chi connectivity index (χ0v) is 17.0. The van der Waals surface area contributed by atoms with Crippen LogP contribution < -0.4 is 16.7 Å². The number of carbonyl (C=O) groups is 1. The largest absolute Gasteiger partial charge is 0.351 e. The summed E-state index contributed by atoms with van der Waals surface area (Å²) in [5, 5.41) is 6.60. The van der Waals surface area contributed by atoms with Crippen LogP contribution in [0.4, 0.5) is 18.9 Å². The number of halogens is 3. The average Bonchev–Trinajstić information content (AvgIpc) is 3.12. The minimum atomic E-state index is -1.98. The molecule has 8 nitrogen and oxygen atoms in total. The summed E-state index contributed by atoms with van der Waals surface area (Å²) < 4.78 is 42.2. The molecule has 1 aliphatic rings. The number of aryl methyl sites for hydroxylation is 2. The first-order valence-corrected chi connectivity index (χ1v) is 9.75. The second kappa shape index (κ2) is 8.42. The third-order valence-electron chi connectivity index (χ3n) is 5.27. The number of pyridine rings is 1. The standard InChI is InChI=1S/C21H19F3N6O2/c1-11-4-13(5-12-2-3-17(31)28-18(11)12)14-6-16(22)20(26-8-14)29-10-27-30(21(29)32)9-15(7-25)19(23)24/h4-6,8,10H,2-3,7,9,25H2,1H3,(H,28,31). The van der Waals surface area contributed by atoms with Crippen LogP contribution in [0, 0.1) is 12.7 Å². The molecule has 0 saturated heterocycles. The normalized spacial score (nSPS) is 13.0. The van der Waals surface area contributed by atoms with Crippen LogP contribution in [0.3, 0.4) is 0 Å². The van der Waals surface area contributed by atoms with Crippen LogP contribution in [0.15, 0.2) is 47.2 Å². The first-order valence-electron chi connectivity index (χ1n) is 9.75. The quantitative estimate of drug-likeness (QED) is 0.629. The maximum absolute atomic E-state index is 14.9. The molecule has 0 bridgehead atoms. The highest BCUT2D eigenvalue weighted by molar-refractivity contribution is 5.95. The summed E-state index contributed by atoms with van der Waals surface area (Å²) in [6.45, 7) is 0.909.